The Kier molecular flexibility index (Phi) is 3.13. The van der Waals surface area contributed by atoms with E-state index in [1.165, 1.54) is 44.9 Å². The van der Waals surface area contributed by atoms with Gasteiger partial charge in [0.05, 0.1) is 0 Å². The van der Waals surface area contributed by atoms with Gasteiger partial charge < -0.3 is 11.1 Å². The van der Waals surface area contributed by atoms with E-state index in [2.05, 4.69) is 12.2 Å². The number of hydrogen-bond donors (Lipinski definition) is 2. The Morgan fingerprint density at radius 3 is 2.64 bits per heavy atom. The van der Waals surface area contributed by atoms with Crippen molar-refractivity contribution in [3.8, 4) is 0 Å². The highest BCUT2D eigenvalue weighted by Gasteiger charge is 2.41. The van der Waals surface area contributed by atoms with Crippen LogP contribution in [0.5, 0.6) is 0 Å². The molecule has 82 valence electrons. The summed E-state index contributed by atoms with van der Waals surface area (Å²) >= 11 is 0. The van der Waals surface area contributed by atoms with Crippen LogP contribution in [0.1, 0.15) is 51.9 Å². The van der Waals surface area contributed by atoms with E-state index in [9.17, 15) is 0 Å². The molecule has 14 heavy (non-hydrogen) atoms. The monoisotopic (exact) mass is 196 g/mol. The van der Waals surface area contributed by atoms with Gasteiger partial charge in [-0.2, -0.15) is 0 Å². The number of nitrogens with two attached hydrogens (primary N) is 1. The van der Waals surface area contributed by atoms with Crippen molar-refractivity contribution in [3.05, 3.63) is 0 Å². The van der Waals surface area contributed by atoms with Gasteiger partial charge in [-0.05, 0) is 31.6 Å². The van der Waals surface area contributed by atoms with E-state index in [0.717, 1.165) is 18.5 Å². The highest BCUT2D eigenvalue weighted by Crippen LogP contribution is 2.37. The van der Waals surface area contributed by atoms with Crippen LogP contribution >= 0.6 is 0 Å². The minimum atomic E-state index is 0.300. The molecule has 0 aromatic rings. The van der Waals surface area contributed by atoms with Crippen molar-refractivity contribution >= 4 is 0 Å². The van der Waals surface area contributed by atoms with Crippen LogP contribution in [0.2, 0.25) is 0 Å². The van der Waals surface area contributed by atoms with Gasteiger partial charge in [0.2, 0.25) is 0 Å². The van der Waals surface area contributed by atoms with E-state index in [-0.39, 0.29) is 0 Å². The highest BCUT2D eigenvalue weighted by molar-refractivity contribution is 5.01. The zero-order valence-electron chi connectivity index (χ0n) is 9.39. The van der Waals surface area contributed by atoms with Crippen molar-refractivity contribution in [2.75, 3.05) is 6.54 Å². The first-order valence-corrected chi connectivity index (χ1v) is 6.28. The minimum Gasteiger partial charge on any atom is -0.329 e. The molecule has 2 fully saturated rings. The molecule has 2 nitrogen and oxygen atoms in total. The summed E-state index contributed by atoms with van der Waals surface area (Å²) in [7, 11) is 0. The van der Waals surface area contributed by atoms with Crippen LogP contribution in [0, 0.1) is 5.92 Å². The molecule has 2 rings (SSSR count). The van der Waals surface area contributed by atoms with Crippen molar-refractivity contribution in [2.45, 2.75) is 63.5 Å². The van der Waals surface area contributed by atoms with Gasteiger partial charge in [0.15, 0.2) is 0 Å². The van der Waals surface area contributed by atoms with Crippen LogP contribution in [-0.4, -0.2) is 18.1 Å². The molecule has 0 aromatic heterocycles. The smallest absolute Gasteiger partial charge is 0.0334 e. The Hall–Kier alpha value is -0.0800. The second kappa shape index (κ2) is 4.19. The van der Waals surface area contributed by atoms with Crippen molar-refractivity contribution < 1.29 is 0 Å². The van der Waals surface area contributed by atoms with Crippen LogP contribution < -0.4 is 11.1 Å². The molecule has 3 N–H and O–H groups in total. The summed E-state index contributed by atoms with van der Waals surface area (Å²) in [6, 6.07) is 0.797. The number of nitrogens with one attached hydrogen (secondary N) is 1. The van der Waals surface area contributed by atoms with Gasteiger partial charge in [-0.15, -0.1) is 0 Å². The predicted molar refractivity (Wildman–Crippen MR) is 60.2 cm³/mol. The third-order valence-corrected chi connectivity index (χ3v) is 4.13. The van der Waals surface area contributed by atoms with Gasteiger partial charge in [0.25, 0.3) is 0 Å². The zero-order valence-corrected chi connectivity index (χ0v) is 9.39. The van der Waals surface area contributed by atoms with Gasteiger partial charge in [-0.1, -0.05) is 26.2 Å². The molecule has 0 aliphatic heterocycles. The fourth-order valence-electron chi connectivity index (χ4n) is 3.06. The molecule has 2 saturated carbocycles. The summed E-state index contributed by atoms with van der Waals surface area (Å²) < 4.78 is 0. The fraction of sp³-hybridized carbons (Fsp3) is 1.00. The minimum absolute atomic E-state index is 0.300. The lowest BCUT2D eigenvalue weighted by Crippen LogP contribution is -2.58. The first-order chi connectivity index (χ1) is 6.80. The molecule has 0 radical (unpaired) electrons. The van der Waals surface area contributed by atoms with Crippen LogP contribution in [0.25, 0.3) is 0 Å². The van der Waals surface area contributed by atoms with E-state index in [1.54, 1.807) is 0 Å². The van der Waals surface area contributed by atoms with Crippen LogP contribution in [-0.2, 0) is 0 Å². The number of rotatable bonds is 4. The molecule has 0 heterocycles. The maximum Gasteiger partial charge on any atom is 0.0334 e. The van der Waals surface area contributed by atoms with Gasteiger partial charge >= 0.3 is 0 Å². The Balaban J connectivity index is 2.03. The van der Waals surface area contributed by atoms with E-state index < -0.39 is 0 Å². The van der Waals surface area contributed by atoms with Gasteiger partial charge in [0.1, 0.15) is 0 Å². The third kappa shape index (κ3) is 1.96. The van der Waals surface area contributed by atoms with Crippen molar-refractivity contribution in [1.82, 2.24) is 5.32 Å². The molecule has 2 aliphatic carbocycles. The highest BCUT2D eigenvalue weighted by atomic mass is 15.1. The Morgan fingerprint density at radius 1 is 1.29 bits per heavy atom. The lowest BCUT2D eigenvalue weighted by atomic mass is 9.71. The normalized spacial score (nSPS) is 38.6. The van der Waals surface area contributed by atoms with Crippen molar-refractivity contribution in [1.29, 1.82) is 0 Å². The molecule has 2 aliphatic rings. The lowest BCUT2D eigenvalue weighted by Gasteiger charge is -2.44. The first kappa shape index (κ1) is 10.4. The van der Waals surface area contributed by atoms with Crippen molar-refractivity contribution in [2.24, 2.45) is 11.7 Å². The lowest BCUT2D eigenvalue weighted by molar-refractivity contribution is 0.141. The third-order valence-electron chi connectivity index (χ3n) is 4.13. The number of hydrogen-bond acceptors (Lipinski definition) is 2. The van der Waals surface area contributed by atoms with Crippen LogP contribution in [0.15, 0.2) is 0 Å². The Bertz CT molecular complexity index is 189. The summed E-state index contributed by atoms with van der Waals surface area (Å²) in [5.74, 6) is 0.821. The summed E-state index contributed by atoms with van der Waals surface area (Å²) in [6.07, 6.45) is 9.50. The Labute approximate surface area is 87.6 Å². The van der Waals surface area contributed by atoms with E-state index >= 15 is 0 Å². The molecule has 0 saturated heterocycles. The standard InChI is InChI=1S/C12H24N2/c1-2-10-5-3-4-8-12(10,9-13)14-11-6-7-11/h10-11,14H,2-9,13H2,1H3. The van der Waals surface area contributed by atoms with E-state index in [1.807, 2.05) is 0 Å². The molecule has 0 bridgehead atoms. The fourth-order valence-corrected chi connectivity index (χ4v) is 3.06. The van der Waals surface area contributed by atoms with Crippen LogP contribution in [0.4, 0.5) is 0 Å². The maximum absolute atomic E-state index is 6.02. The summed E-state index contributed by atoms with van der Waals surface area (Å²) in [5.41, 5.74) is 6.32. The molecular formula is C12H24N2. The largest absolute Gasteiger partial charge is 0.329 e. The molecule has 0 amide bonds. The van der Waals surface area contributed by atoms with E-state index in [4.69, 9.17) is 5.73 Å². The Morgan fingerprint density at radius 2 is 2.07 bits per heavy atom. The topological polar surface area (TPSA) is 38.0 Å². The molecule has 2 unspecified atom stereocenters. The predicted octanol–water partition coefficient (Wildman–Crippen LogP) is 2.04. The zero-order chi connectivity index (χ0) is 10.0. The summed E-state index contributed by atoms with van der Waals surface area (Å²) in [5, 5.41) is 3.83. The molecular weight excluding hydrogens is 172 g/mol. The molecule has 2 heteroatoms. The average molecular weight is 196 g/mol. The van der Waals surface area contributed by atoms with E-state index in [0.29, 0.717) is 5.54 Å². The quantitative estimate of drug-likeness (QED) is 0.722. The van der Waals surface area contributed by atoms with Crippen molar-refractivity contribution in [3.63, 3.8) is 0 Å². The SMILES string of the molecule is CCC1CCCCC1(CN)NC1CC1. The molecule has 0 aromatic carbocycles. The van der Waals surface area contributed by atoms with Gasteiger partial charge in [-0.3, -0.25) is 0 Å². The van der Waals surface area contributed by atoms with Gasteiger partial charge in [-0.25, -0.2) is 0 Å². The summed E-state index contributed by atoms with van der Waals surface area (Å²) in [4.78, 5) is 0. The first-order valence-electron chi connectivity index (χ1n) is 6.28. The molecule has 0 spiro atoms. The summed E-state index contributed by atoms with van der Waals surface area (Å²) in [6.45, 7) is 3.15. The second-order valence-electron chi connectivity index (χ2n) is 5.13. The van der Waals surface area contributed by atoms with Gasteiger partial charge in [0, 0.05) is 18.1 Å². The molecule has 2 atom stereocenters. The average Bonchev–Trinajstić information content (AvgIpc) is 3.02. The maximum atomic E-state index is 6.02. The van der Waals surface area contributed by atoms with Crippen LogP contribution in [0.3, 0.4) is 0 Å². The second-order valence-corrected chi connectivity index (χ2v) is 5.13.